The molecule has 2 saturated heterocycles. The zero-order chi connectivity index (χ0) is 14.0. The molecule has 0 unspecified atom stereocenters. The van der Waals surface area contributed by atoms with Crippen LogP contribution in [0.15, 0.2) is 36.4 Å². The van der Waals surface area contributed by atoms with Gasteiger partial charge >= 0.3 is 0 Å². The van der Waals surface area contributed by atoms with Crippen molar-refractivity contribution in [2.24, 2.45) is 0 Å². The van der Waals surface area contributed by atoms with Gasteiger partial charge in [0.15, 0.2) is 0 Å². The number of nitrogens with zero attached hydrogens (tertiary/aromatic N) is 1. The molecule has 106 valence electrons. The zero-order valence-corrected chi connectivity index (χ0v) is 12.3. The molecule has 20 heavy (non-hydrogen) atoms. The lowest BCUT2D eigenvalue weighted by atomic mass is 9.94. The van der Waals surface area contributed by atoms with Crippen molar-refractivity contribution in [3.8, 4) is 0 Å². The fraction of sp³-hybridized carbons (Fsp3) is 0.429. The van der Waals surface area contributed by atoms with Gasteiger partial charge in [-0.15, -0.1) is 0 Å². The van der Waals surface area contributed by atoms with Crippen LogP contribution in [0.4, 0.5) is 0 Å². The maximum Gasteiger partial charge on any atom is 0.220 e. The summed E-state index contributed by atoms with van der Waals surface area (Å²) < 4.78 is 32.6. The molecule has 2 fully saturated rings. The monoisotopic (exact) mass is 311 g/mol. The average Bonchev–Trinajstić information content (AvgIpc) is 3.03. The van der Waals surface area contributed by atoms with Gasteiger partial charge in [-0.25, -0.2) is 8.42 Å². The molecule has 0 aliphatic carbocycles. The van der Waals surface area contributed by atoms with Crippen LogP contribution in [0.2, 0.25) is 5.02 Å². The summed E-state index contributed by atoms with van der Waals surface area (Å²) in [5.41, 5.74) is 0.323. The van der Waals surface area contributed by atoms with Gasteiger partial charge in [0.1, 0.15) is 10.9 Å². The van der Waals surface area contributed by atoms with Gasteiger partial charge in [-0.1, -0.05) is 35.9 Å². The van der Waals surface area contributed by atoms with Gasteiger partial charge in [0, 0.05) is 18.1 Å². The minimum atomic E-state index is -3.29. The van der Waals surface area contributed by atoms with E-state index in [1.165, 1.54) is 4.31 Å². The van der Waals surface area contributed by atoms with Crippen LogP contribution in [0.1, 0.15) is 12.0 Å². The molecule has 3 aliphatic heterocycles. The van der Waals surface area contributed by atoms with Crippen molar-refractivity contribution >= 4 is 21.6 Å². The van der Waals surface area contributed by atoms with E-state index in [1.807, 2.05) is 24.3 Å². The first kappa shape index (κ1) is 12.8. The van der Waals surface area contributed by atoms with Crippen LogP contribution in [0, 0.1) is 0 Å². The van der Waals surface area contributed by atoms with Crippen LogP contribution in [-0.2, 0) is 21.3 Å². The van der Waals surface area contributed by atoms with E-state index in [1.54, 1.807) is 12.1 Å². The molecule has 2 bridgehead atoms. The number of benzene rings is 1. The molecule has 4 nitrogen and oxygen atoms in total. The Balaban J connectivity index is 1.64. The van der Waals surface area contributed by atoms with Gasteiger partial charge in [-0.3, -0.25) is 0 Å². The predicted molar refractivity (Wildman–Crippen MR) is 75.9 cm³/mol. The third kappa shape index (κ3) is 1.70. The van der Waals surface area contributed by atoms with Crippen LogP contribution < -0.4 is 0 Å². The Morgan fingerprint density at radius 1 is 1.35 bits per heavy atom. The van der Waals surface area contributed by atoms with Crippen LogP contribution in [0.5, 0.6) is 0 Å². The number of halogens is 1. The van der Waals surface area contributed by atoms with Crippen LogP contribution in [-0.4, -0.2) is 36.2 Å². The number of sulfonamides is 1. The van der Waals surface area contributed by atoms with Crippen molar-refractivity contribution in [2.45, 2.75) is 29.9 Å². The molecule has 0 radical (unpaired) electrons. The largest absolute Gasteiger partial charge is 0.361 e. The number of hydrogen-bond donors (Lipinski definition) is 0. The van der Waals surface area contributed by atoms with Crippen molar-refractivity contribution in [1.29, 1.82) is 0 Å². The smallest absolute Gasteiger partial charge is 0.220 e. The first-order chi connectivity index (χ1) is 9.49. The van der Waals surface area contributed by atoms with Crippen molar-refractivity contribution < 1.29 is 13.2 Å². The van der Waals surface area contributed by atoms with Gasteiger partial charge in [-0.2, -0.15) is 4.31 Å². The number of hydrogen-bond acceptors (Lipinski definition) is 3. The van der Waals surface area contributed by atoms with Crippen molar-refractivity contribution in [3.05, 3.63) is 47.0 Å². The third-order valence-corrected chi connectivity index (χ3v) is 6.91. The Kier molecular flexibility index (Phi) is 2.61. The molecule has 6 heteroatoms. The van der Waals surface area contributed by atoms with Crippen LogP contribution >= 0.6 is 11.6 Å². The second kappa shape index (κ2) is 4.07. The molecule has 0 amide bonds. The fourth-order valence-electron chi connectivity index (χ4n) is 3.40. The van der Waals surface area contributed by atoms with Crippen LogP contribution in [0.3, 0.4) is 0 Å². The molecular formula is C14H14ClNO3S. The summed E-state index contributed by atoms with van der Waals surface area (Å²) in [5.74, 6) is 0. The summed E-state index contributed by atoms with van der Waals surface area (Å²) in [6.07, 6.45) is 4.48. The highest BCUT2D eigenvalue weighted by atomic mass is 35.5. The van der Waals surface area contributed by atoms with Crippen LogP contribution in [0.25, 0.3) is 0 Å². The van der Waals surface area contributed by atoms with Crippen molar-refractivity contribution in [2.75, 3.05) is 6.54 Å². The highest BCUT2D eigenvalue weighted by Crippen LogP contribution is 2.48. The lowest BCUT2D eigenvalue weighted by Gasteiger charge is -2.19. The van der Waals surface area contributed by atoms with E-state index in [0.29, 0.717) is 24.5 Å². The predicted octanol–water partition coefficient (Wildman–Crippen LogP) is 1.95. The molecule has 4 rings (SSSR count). The summed E-state index contributed by atoms with van der Waals surface area (Å²) >= 11 is 5.85. The lowest BCUT2D eigenvalue weighted by Crippen LogP contribution is -2.36. The minimum Gasteiger partial charge on any atom is -0.361 e. The van der Waals surface area contributed by atoms with E-state index in [0.717, 1.165) is 5.56 Å². The third-order valence-electron chi connectivity index (χ3n) is 4.37. The Morgan fingerprint density at radius 3 is 2.75 bits per heavy atom. The van der Waals surface area contributed by atoms with Gasteiger partial charge in [0.25, 0.3) is 0 Å². The second-order valence-corrected chi connectivity index (χ2v) is 8.19. The van der Waals surface area contributed by atoms with Gasteiger partial charge in [-0.05, 0) is 24.1 Å². The van der Waals surface area contributed by atoms with E-state index in [-0.39, 0.29) is 6.10 Å². The standard InChI is InChI=1S/C14H14ClNO3S/c15-11-3-1-10(2-4-11)8-16-9-14-6-5-12(19-14)7-13(14)20(16,17)18/h1-6,12-13H,7-9H2/t12-,13-,14-/m0/s1. The number of rotatable bonds is 2. The van der Waals surface area contributed by atoms with E-state index < -0.39 is 20.9 Å². The molecular weight excluding hydrogens is 298 g/mol. The molecule has 3 atom stereocenters. The topological polar surface area (TPSA) is 46.6 Å². The highest BCUT2D eigenvalue weighted by molar-refractivity contribution is 7.90. The van der Waals surface area contributed by atoms with Gasteiger partial charge in [0.2, 0.25) is 10.0 Å². The first-order valence-corrected chi connectivity index (χ1v) is 8.48. The SMILES string of the molecule is O=S1(=O)[C@H]2C[C@@H]3C=C[C@@]2(CN1Cc1ccc(Cl)cc1)O3. The Morgan fingerprint density at radius 2 is 2.10 bits per heavy atom. The maximum atomic E-state index is 12.6. The summed E-state index contributed by atoms with van der Waals surface area (Å²) in [6.45, 7) is 0.787. The molecule has 1 aromatic carbocycles. The van der Waals surface area contributed by atoms with E-state index in [2.05, 4.69) is 0 Å². The maximum absolute atomic E-state index is 12.6. The van der Waals surface area contributed by atoms with E-state index in [4.69, 9.17) is 16.3 Å². The minimum absolute atomic E-state index is 0.0209. The quantitative estimate of drug-likeness (QED) is 0.784. The van der Waals surface area contributed by atoms with Crippen molar-refractivity contribution in [1.82, 2.24) is 4.31 Å². The first-order valence-electron chi connectivity index (χ1n) is 6.60. The normalized spacial score (nSPS) is 37.5. The zero-order valence-electron chi connectivity index (χ0n) is 10.7. The molecule has 0 saturated carbocycles. The Bertz CT molecular complexity index is 685. The molecule has 3 aliphatic rings. The number of ether oxygens (including phenoxy) is 1. The highest BCUT2D eigenvalue weighted by Gasteiger charge is 2.63. The Labute approximate surface area is 123 Å². The summed E-state index contributed by atoms with van der Waals surface area (Å²) in [7, 11) is -3.29. The van der Waals surface area contributed by atoms with Gasteiger partial charge in [0.05, 0.1) is 6.10 Å². The Hall–Kier alpha value is -0.880. The van der Waals surface area contributed by atoms with Gasteiger partial charge < -0.3 is 4.74 Å². The van der Waals surface area contributed by atoms with E-state index in [9.17, 15) is 8.42 Å². The molecule has 0 aromatic heterocycles. The molecule has 0 N–H and O–H groups in total. The second-order valence-electron chi connectivity index (χ2n) is 5.63. The van der Waals surface area contributed by atoms with Crippen molar-refractivity contribution in [3.63, 3.8) is 0 Å². The average molecular weight is 312 g/mol. The fourth-order valence-corrected chi connectivity index (χ4v) is 5.74. The van der Waals surface area contributed by atoms with E-state index >= 15 is 0 Å². The summed E-state index contributed by atoms with van der Waals surface area (Å²) in [6, 6.07) is 7.27. The summed E-state index contributed by atoms with van der Waals surface area (Å²) in [4.78, 5) is 0. The lowest BCUT2D eigenvalue weighted by molar-refractivity contribution is 0.0298. The molecule has 1 spiro atoms. The number of fused-ring (bicyclic) bond motifs is 1. The molecule has 1 aromatic rings. The summed E-state index contributed by atoms with van der Waals surface area (Å²) in [5, 5.41) is 0.232. The molecule has 3 heterocycles.